The fourth-order valence-electron chi connectivity index (χ4n) is 4.24. The summed E-state index contributed by atoms with van der Waals surface area (Å²) in [5, 5.41) is 3.03. The van der Waals surface area contributed by atoms with Gasteiger partial charge in [-0.05, 0) is 62.1 Å². The Hall–Kier alpha value is -2.37. The van der Waals surface area contributed by atoms with Crippen LogP contribution in [0, 0.1) is 23.7 Å². The number of carbonyl (C=O) groups is 2. The molecule has 6 heteroatoms. The maximum absolute atomic E-state index is 12.2. The van der Waals surface area contributed by atoms with Gasteiger partial charge in [0.05, 0.1) is 0 Å². The highest BCUT2D eigenvalue weighted by atomic mass is 16.6. The smallest absolute Gasteiger partial charge is 0.410 e. The van der Waals surface area contributed by atoms with Crippen LogP contribution in [0.3, 0.4) is 0 Å². The van der Waals surface area contributed by atoms with Crippen LogP contribution < -0.4 is 5.32 Å². The summed E-state index contributed by atoms with van der Waals surface area (Å²) in [5.41, 5.74) is 0.451. The molecule has 0 radical (unpaired) electrons. The molecule has 2 fully saturated rings. The number of pyridine rings is 1. The maximum atomic E-state index is 12.2. The van der Waals surface area contributed by atoms with Crippen LogP contribution in [0.15, 0.2) is 30.6 Å². The molecule has 1 N–H and O–H groups in total. The zero-order valence-electron chi connectivity index (χ0n) is 17.2. The van der Waals surface area contributed by atoms with Crippen molar-refractivity contribution < 1.29 is 15.8 Å². The van der Waals surface area contributed by atoms with Gasteiger partial charge in [-0.1, -0.05) is 19.4 Å². The molecule has 4 atom stereocenters. The third-order valence-electron chi connectivity index (χ3n) is 5.63. The lowest BCUT2D eigenvalue weighted by molar-refractivity contribution is -0.116. The van der Waals surface area contributed by atoms with Crippen LogP contribution in [0.2, 0.25) is 0 Å². The van der Waals surface area contributed by atoms with Crippen LogP contribution >= 0.6 is 0 Å². The molecule has 154 valence electrons. The van der Waals surface area contributed by atoms with Crippen molar-refractivity contribution in [3.63, 3.8) is 0 Å². The largest absolute Gasteiger partial charge is 0.444 e. The van der Waals surface area contributed by atoms with Crippen molar-refractivity contribution in [1.29, 1.82) is 0 Å². The van der Waals surface area contributed by atoms with E-state index in [-0.39, 0.29) is 13.4 Å². The predicted octanol–water partition coefficient (Wildman–Crippen LogP) is 3.60. The number of fused-ring (bicyclic) bond motifs is 1. The highest BCUT2D eigenvalue weighted by Crippen LogP contribution is 2.56. The number of rotatable bonds is 6. The van der Waals surface area contributed by atoms with Gasteiger partial charge in [0.1, 0.15) is 5.60 Å². The van der Waals surface area contributed by atoms with Crippen molar-refractivity contribution >= 4 is 18.1 Å². The molecule has 1 aliphatic carbocycles. The Balaban J connectivity index is 0.00000300. The first-order chi connectivity index (χ1) is 13.3. The van der Waals surface area contributed by atoms with E-state index in [0.717, 1.165) is 25.1 Å². The number of nitrogens with zero attached hydrogens (tertiary/aromatic N) is 2. The molecule has 1 aliphatic heterocycles. The standard InChI is InChI=1S/C22H31N3O3.H2/c1-5-16(12-24-19(26)9-8-15-7-6-10-23-11-15)20-17-13-25(14-18(17)20)21(27)28-22(2,3)4;/h6-11,16-18,20H,5,12-14H2,1-4H3,(H,24,26);1H/b9-8+;/t16?,17-,18+,20?;. The second-order valence-electron chi connectivity index (χ2n) is 8.82. The van der Waals surface area contributed by atoms with Gasteiger partial charge in [-0.15, -0.1) is 0 Å². The molecule has 1 aromatic rings. The average molecular weight is 388 g/mol. The molecule has 0 bridgehead atoms. The molecule has 28 heavy (non-hydrogen) atoms. The first-order valence-corrected chi connectivity index (χ1v) is 10.1. The first kappa shape index (κ1) is 20.4. The fourth-order valence-corrected chi connectivity index (χ4v) is 4.24. The van der Waals surface area contributed by atoms with Gasteiger partial charge in [-0.3, -0.25) is 9.78 Å². The number of ether oxygens (including phenoxy) is 1. The lowest BCUT2D eigenvalue weighted by Gasteiger charge is -2.27. The molecule has 2 heterocycles. The van der Waals surface area contributed by atoms with E-state index in [4.69, 9.17) is 4.74 Å². The predicted molar refractivity (Wildman–Crippen MR) is 110 cm³/mol. The van der Waals surface area contributed by atoms with Crippen molar-refractivity contribution in [2.75, 3.05) is 19.6 Å². The SMILES string of the molecule is CCC(CNC(=O)/C=C/c1cccnc1)C1[C@H]2CN(C(=O)OC(C)(C)C)C[C@@H]12.[HH]. The normalized spacial score (nSPS) is 24.7. The number of hydrogen-bond donors (Lipinski definition) is 1. The van der Waals surface area contributed by atoms with Gasteiger partial charge in [0, 0.05) is 39.5 Å². The maximum Gasteiger partial charge on any atom is 0.410 e. The van der Waals surface area contributed by atoms with Gasteiger partial charge in [0.15, 0.2) is 0 Å². The topological polar surface area (TPSA) is 71.5 Å². The molecule has 0 spiro atoms. The number of carbonyl (C=O) groups excluding carboxylic acids is 2. The van der Waals surface area contributed by atoms with E-state index < -0.39 is 5.60 Å². The number of likely N-dealkylation sites (tertiary alicyclic amines) is 1. The number of aromatic nitrogens is 1. The zero-order valence-corrected chi connectivity index (χ0v) is 17.2. The minimum absolute atomic E-state index is 0. The van der Waals surface area contributed by atoms with Crippen LogP contribution in [0.1, 0.15) is 41.1 Å². The summed E-state index contributed by atoms with van der Waals surface area (Å²) in [4.78, 5) is 30.2. The molecule has 1 saturated heterocycles. The monoisotopic (exact) mass is 387 g/mol. The Morgan fingerprint density at radius 3 is 2.68 bits per heavy atom. The summed E-state index contributed by atoms with van der Waals surface area (Å²) in [6.07, 6.45) is 7.58. The Morgan fingerprint density at radius 2 is 2.11 bits per heavy atom. The van der Waals surface area contributed by atoms with E-state index in [1.807, 2.05) is 37.8 Å². The Kier molecular flexibility index (Phi) is 6.06. The molecule has 2 unspecified atom stereocenters. The summed E-state index contributed by atoms with van der Waals surface area (Å²) in [7, 11) is 0. The summed E-state index contributed by atoms with van der Waals surface area (Å²) in [6, 6.07) is 3.75. The number of nitrogens with one attached hydrogen (secondary N) is 1. The van der Waals surface area contributed by atoms with Crippen molar-refractivity contribution in [3.8, 4) is 0 Å². The van der Waals surface area contributed by atoms with Crippen molar-refractivity contribution in [1.82, 2.24) is 15.2 Å². The zero-order chi connectivity index (χ0) is 20.3. The number of hydrogen-bond acceptors (Lipinski definition) is 4. The molecular formula is C22H33N3O3. The molecule has 2 aliphatic rings. The summed E-state index contributed by atoms with van der Waals surface area (Å²) in [5.74, 6) is 2.04. The van der Waals surface area contributed by atoms with E-state index in [1.165, 1.54) is 0 Å². The second-order valence-corrected chi connectivity index (χ2v) is 8.82. The van der Waals surface area contributed by atoms with Crippen LogP contribution in [-0.4, -0.2) is 47.1 Å². The third kappa shape index (κ3) is 5.12. The van der Waals surface area contributed by atoms with E-state index in [9.17, 15) is 9.59 Å². The van der Waals surface area contributed by atoms with Gasteiger partial charge < -0.3 is 15.0 Å². The lowest BCUT2D eigenvalue weighted by atomic mass is 9.97. The van der Waals surface area contributed by atoms with E-state index >= 15 is 0 Å². The van der Waals surface area contributed by atoms with Crippen LogP contribution in [0.5, 0.6) is 0 Å². The van der Waals surface area contributed by atoms with E-state index in [0.29, 0.717) is 30.2 Å². The quantitative estimate of drug-likeness (QED) is 0.757. The molecule has 6 nitrogen and oxygen atoms in total. The summed E-state index contributed by atoms with van der Waals surface area (Å²) in [6.45, 7) is 10.1. The average Bonchev–Trinajstić information content (AvgIpc) is 3.11. The minimum atomic E-state index is -0.456. The van der Waals surface area contributed by atoms with Crippen LogP contribution in [0.25, 0.3) is 6.08 Å². The van der Waals surface area contributed by atoms with E-state index in [1.54, 1.807) is 24.5 Å². The van der Waals surface area contributed by atoms with Crippen molar-refractivity contribution in [2.45, 2.75) is 39.7 Å². The molecule has 0 aromatic carbocycles. The molecule has 3 rings (SSSR count). The van der Waals surface area contributed by atoms with Gasteiger partial charge in [0.25, 0.3) is 0 Å². The van der Waals surface area contributed by atoms with Gasteiger partial charge in [0.2, 0.25) is 5.91 Å². The van der Waals surface area contributed by atoms with Gasteiger partial charge in [-0.2, -0.15) is 0 Å². The second kappa shape index (κ2) is 8.33. The summed E-state index contributed by atoms with van der Waals surface area (Å²) >= 11 is 0. The fraction of sp³-hybridized carbons (Fsp3) is 0.591. The van der Waals surface area contributed by atoms with Crippen LogP contribution in [0.4, 0.5) is 4.79 Å². The Labute approximate surface area is 168 Å². The molecule has 1 saturated carbocycles. The summed E-state index contributed by atoms with van der Waals surface area (Å²) < 4.78 is 5.47. The number of amides is 2. The molecular weight excluding hydrogens is 354 g/mol. The number of piperidine rings is 1. The van der Waals surface area contributed by atoms with Crippen molar-refractivity contribution in [2.24, 2.45) is 23.7 Å². The lowest BCUT2D eigenvalue weighted by Crippen LogP contribution is -2.38. The Bertz CT molecular complexity index is 721. The van der Waals surface area contributed by atoms with Gasteiger partial charge in [-0.25, -0.2) is 4.79 Å². The minimum Gasteiger partial charge on any atom is -0.444 e. The Morgan fingerprint density at radius 1 is 1.39 bits per heavy atom. The highest BCUT2D eigenvalue weighted by molar-refractivity contribution is 5.91. The van der Waals surface area contributed by atoms with Crippen LogP contribution in [-0.2, 0) is 9.53 Å². The van der Waals surface area contributed by atoms with Gasteiger partial charge >= 0.3 is 6.09 Å². The molecule has 1 aromatic heterocycles. The third-order valence-corrected chi connectivity index (χ3v) is 5.63. The van der Waals surface area contributed by atoms with E-state index in [2.05, 4.69) is 17.2 Å². The first-order valence-electron chi connectivity index (χ1n) is 10.1. The molecule has 2 amide bonds. The highest BCUT2D eigenvalue weighted by Gasteiger charge is 2.59. The van der Waals surface area contributed by atoms with Crippen molar-refractivity contribution in [3.05, 3.63) is 36.2 Å².